The van der Waals surface area contributed by atoms with Crippen LogP contribution < -0.4 is 15.0 Å². The van der Waals surface area contributed by atoms with E-state index in [1.807, 2.05) is 50.9 Å². The molecule has 0 unspecified atom stereocenters. The SMILES string of the molecule is CCCOCc1[nH]c2c(c1-c1ccnc(Nc3cc([N+](=O)[O-])c(N(C)CCN(C)C)cc3OC(C)C)n1)C=CCC2. The van der Waals surface area contributed by atoms with E-state index >= 15 is 0 Å². The first kappa shape index (κ1) is 30.0. The van der Waals surface area contributed by atoms with E-state index in [0.717, 1.165) is 48.3 Å². The normalized spacial score (nSPS) is 12.6. The summed E-state index contributed by atoms with van der Waals surface area (Å²) in [5.41, 5.74) is 5.86. The Morgan fingerprint density at radius 2 is 2.02 bits per heavy atom. The number of benzene rings is 1. The van der Waals surface area contributed by atoms with E-state index in [2.05, 4.69) is 34.4 Å². The van der Waals surface area contributed by atoms with Crippen molar-refractivity contribution in [2.75, 3.05) is 51.1 Å². The number of likely N-dealkylation sites (N-methyl/N-ethyl adjacent to an activating group) is 2. The van der Waals surface area contributed by atoms with Crippen molar-refractivity contribution < 1.29 is 14.4 Å². The Balaban J connectivity index is 1.72. The van der Waals surface area contributed by atoms with Crippen LogP contribution >= 0.6 is 0 Å². The van der Waals surface area contributed by atoms with Crippen LogP contribution in [0.15, 0.2) is 30.5 Å². The molecular formula is C30H41N7O4. The van der Waals surface area contributed by atoms with Gasteiger partial charge in [-0.2, -0.15) is 0 Å². The number of aryl methyl sites for hydroxylation is 1. The van der Waals surface area contributed by atoms with Gasteiger partial charge in [0.1, 0.15) is 11.4 Å². The second kappa shape index (κ2) is 13.6. The fourth-order valence-electron chi connectivity index (χ4n) is 4.76. The van der Waals surface area contributed by atoms with Crippen LogP contribution in [0.4, 0.5) is 23.0 Å². The number of nitro benzene ring substituents is 1. The van der Waals surface area contributed by atoms with Gasteiger partial charge in [0.05, 0.1) is 34.7 Å². The number of hydrogen-bond acceptors (Lipinski definition) is 9. The summed E-state index contributed by atoms with van der Waals surface area (Å²) >= 11 is 0. The number of rotatable bonds is 14. The number of nitrogens with zero attached hydrogens (tertiary/aromatic N) is 5. The molecule has 1 aliphatic carbocycles. The average Bonchev–Trinajstić information content (AvgIpc) is 3.30. The summed E-state index contributed by atoms with van der Waals surface area (Å²) in [6, 6.07) is 5.09. The van der Waals surface area contributed by atoms with Crippen LogP contribution in [-0.2, 0) is 17.8 Å². The summed E-state index contributed by atoms with van der Waals surface area (Å²) < 4.78 is 12.0. The van der Waals surface area contributed by atoms with Crippen molar-refractivity contribution in [1.82, 2.24) is 19.9 Å². The number of nitrogens with one attached hydrogen (secondary N) is 2. The van der Waals surface area contributed by atoms with Crippen molar-refractivity contribution in [3.63, 3.8) is 0 Å². The lowest BCUT2D eigenvalue weighted by atomic mass is 9.99. The van der Waals surface area contributed by atoms with Crippen molar-refractivity contribution in [2.24, 2.45) is 0 Å². The molecule has 2 aromatic heterocycles. The van der Waals surface area contributed by atoms with Gasteiger partial charge in [-0.15, -0.1) is 0 Å². The van der Waals surface area contributed by atoms with Crippen LogP contribution in [0.2, 0.25) is 0 Å². The quantitative estimate of drug-likeness (QED) is 0.142. The van der Waals surface area contributed by atoms with E-state index in [9.17, 15) is 10.1 Å². The Morgan fingerprint density at radius 3 is 2.73 bits per heavy atom. The number of hydrogen-bond donors (Lipinski definition) is 2. The molecule has 0 aliphatic heterocycles. The highest BCUT2D eigenvalue weighted by Gasteiger charge is 2.24. The maximum absolute atomic E-state index is 12.1. The summed E-state index contributed by atoms with van der Waals surface area (Å²) in [7, 11) is 5.79. The van der Waals surface area contributed by atoms with Crippen LogP contribution in [0.3, 0.4) is 0 Å². The highest BCUT2D eigenvalue weighted by molar-refractivity contribution is 5.80. The number of ether oxygens (including phenoxy) is 2. The number of fused-ring (bicyclic) bond motifs is 1. The molecule has 3 aromatic rings. The molecule has 1 aliphatic rings. The van der Waals surface area contributed by atoms with E-state index in [4.69, 9.17) is 14.5 Å². The van der Waals surface area contributed by atoms with Gasteiger partial charge in [0.2, 0.25) is 5.95 Å². The van der Waals surface area contributed by atoms with Gasteiger partial charge in [0.25, 0.3) is 5.69 Å². The lowest BCUT2D eigenvalue weighted by molar-refractivity contribution is -0.384. The number of allylic oxidation sites excluding steroid dienone is 1. The minimum absolute atomic E-state index is 0.0267. The first-order chi connectivity index (χ1) is 19.7. The van der Waals surface area contributed by atoms with Gasteiger partial charge in [-0.05, 0) is 53.3 Å². The fourth-order valence-corrected chi connectivity index (χ4v) is 4.76. The van der Waals surface area contributed by atoms with E-state index in [1.165, 1.54) is 11.8 Å². The fraction of sp³-hybridized carbons (Fsp3) is 0.467. The lowest BCUT2D eigenvalue weighted by Crippen LogP contribution is -2.29. The minimum Gasteiger partial charge on any atom is -0.489 e. The molecule has 0 spiro atoms. The Hall–Kier alpha value is -3.96. The molecule has 4 rings (SSSR count). The summed E-state index contributed by atoms with van der Waals surface area (Å²) in [5.74, 6) is 0.802. The number of H-pyrrole nitrogens is 1. The molecule has 0 saturated heterocycles. The summed E-state index contributed by atoms with van der Waals surface area (Å²) in [4.78, 5) is 28.5. The van der Waals surface area contributed by atoms with Crippen LogP contribution in [0.25, 0.3) is 17.3 Å². The minimum atomic E-state index is -0.371. The number of nitro groups is 1. The first-order valence-electron chi connectivity index (χ1n) is 14.1. The molecule has 0 bridgehead atoms. The molecule has 0 fully saturated rings. The molecule has 11 heteroatoms. The predicted molar refractivity (Wildman–Crippen MR) is 163 cm³/mol. The maximum Gasteiger partial charge on any atom is 0.294 e. The Labute approximate surface area is 241 Å². The monoisotopic (exact) mass is 563 g/mol. The number of aromatic nitrogens is 3. The third-order valence-corrected chi connectivity index (χ3v) is 6.73. The Bertz CT molecular complexity index is 1380. The van der Waals surface area contributed by atoms with Crippen LogP contribution in [-0.4, -0.2) is 71.7 Å². The van der Waals surface area contributed by atoms with Gasteiger partial charge < -0.3 is 29.6 Å². The predicted octanol–water partition coefficient (Wildman–Crippen LogP) is 5.79. The first-order valence-corrected chi connectivity index (χ1v) is 14.1. The smallest absolute Gasteiger partial charge is 0.294 e. The summed E-state index contributed by atoms with van der Waals surface area (Å²) in [6.45, 7) is 8.42. The van der Waals surface area contributed by atoms with Crippen LogP contribution in [0.1, 0.15) is 50.6 Å². The van der Waals surface area contributed by atoms with Crippen molar-refractivity contribution in [2.45, 2.75) is 52.7 Å². The molecule has 0 saturated carbocycles. The molecule has 2 N–H and O–H groups in total. The van der Waals surface area contributed by atoms with Gasteiger partial charge in [-0.25, -0.2) is 9.97 Å². The molecule has 41 heavy (non-hydrogen) atoms. The van der Waals surface area contributed by atoms with E-state index in [0.29, 0.717) is 42.8 Å². The van der Waals surface area contributed by atoms with Crippen molar-refractivity contribution in [3.8, 4) is 17.0 Å². The van der Waals surface area contributed by atoms with E-state index in [-0.39, 0.29) is 16.7 Å². The zero-order valence-electron chi connectivity index (χ0n) is 24.9. The van der Waals surface area contributed by atoms with Gasteiger partial charge in [0.15, 0.2) is 0 Å². The summed E-state index contributed by atoms with van der Waals surface area (Å²) in [6.07, 6.45) is 8.69. The van der Waals surface area contributed by atoms with E-state index in [1.54, 1.807) is 12.3 Å². The number of anilines is 3. The van der Waals surface area contributed by atoms with Crippen LogP contribution in [0, 0.1) is 10.1 Å². The van der Waals surface area contributed by atoms with E-state index < -0.39 is 0 Å². The molecule has 2 heterocycles. The van der Waals surface area contributed by atoms with Crippen molar-refractivity contribution in [1.29, 1.82) is 0 Å². The standard InChI is InChI=1S/C30H41N7O4/c1-7-16-40-19-25-29(21-10-8-9-11-22(21)32-25)23-12-13-31-30(33-23)34-24-17-27(37(38)39)26(18-28(24)41-20(2)3)36(6)15-14-35(4)5/h8,10,12-13,17-18,20,32H,7,9,11,14-16,19H2,1-6H3,(H,31,33,34). The second-order valence-corrected chi connectivity index (χ2v) is 10.7. The Morgan fingerprint density at radius 1 is 1.22 bits per heavy atom. The maximum atomic E-state index is 12.1. The topological polar surface area (TPSA) is 122 Å². The molecule has 11 nitrogen and oxygen atoms in total. The highest BCUT2D eigenvalue weighted by atomic mass is 16.6. The largest absolute Gasteiger partial charge is 0.489 e. The Kier molecular flexibility index (Phi) is 9.95. The second-order valence-electron chi connectivity index (χ2n) is 10.7. The molecule has 0 radical (unpaired) electrons. The molecular weight excluding hydrogens is 522 g/mol. The molecule has 0 amide bonds. The van der Waals surface area contributed by atoms with Crippen molar-refractivity contribution >= 4 is 29.1 Å². The highest BCUT2D eigenvalue weighted by Crippen LogP contribution is 2.40. The van der Waals surface area contributed by atoms with Crippen molar-refractivity contribution in [3.05, 3.63) is 57.5 Å². The third-order valence-electron chi connectivity index (χ3n) is 6.73. The average molecular weight is 564 g/mol. The van der Waals surface area contributed by atoms with Gasteiger partial charge in [-0.1, -0.05) is 19.1 Å². The zero-order chi connectivity index (χ0) is 29.5. The van der Waals surface area contributed by atoms with Gasteiger partial charge >= 0.3 is 0 Å². The van der Waals surface area contributed by atoms with Gasteiger partial charge in [0, 0.05) is 61.9 Å². The third kappa shape index (κ3) is 7.42. The van der Waals surface area contributed by atoms with Crippen LogP contribution in [0.5, 0.6) is 5.75 Å². The number of aromatic amines is 1. The zero-order valence-corrected chi connectivity index (χ0v) is 24.9. The molecule has 220 valence electrons. The molecule has 0 atom stereocenters. The lowest BCUT2D eigenvalue weighted by Gasteiger charge is -2.23. The molecule has 1 aromatic carbocycles. The summed E-state index contributed by atoms with van der Waals surface area (Å²) in [5, 5.41) is 15.3. The van der Waals surface area contributed by atoms with Gasteiger partial charge in [-0.3, -0.25) is 10.1 Å².